The molecule has 0 saturated carbocycles. The summed E-state index contributed by atoms with van der Waals surface area (Å²) in [6, 6.07) is 9.32. The molecular weight excluding hydrogens is 332 g/mol. The number of hydrogen-bond donors (Lipinski definition) is 1. The van der Waals surface area contributed by atoms with Crippen molar-refractivity contribution >= 4 is 37.6 Å². The molecule has 8 heteroatoms. The molecule has 6 nitrogen and oxygen atoms in total. The molecule has 0 unspecified atom stereocenters. The molecule has 2 aromatic heterocycles. The topological polar surface area (TPSA) is 75.2 Å². The van der Waals surface area contributed by atoms with Gasteiger partial charge in [0.2, 0.25) is 0 Å². The van der Waals surface area contributed by atoms with Crippen LogP contribution < -0.4 is 4.72 Å². The van der Waals surface area contributed by atoms with Gasteiger partial charge in [0, 0.05) is 25.9 Å². The summed E-state index contributed by atoms with van der Waals surface area (Å²) < 4.78 is 27.5. The molecule has 0 radical (unpaired) electrons. The molecule has 2 heterocycles. The molecular formula is C15H16N4O2S2. The van der Waals surface area contributed by atoms with Crippen molar-refractivity contribution in [1.29, 1.82) is 0 Å². The minimum atomic E-state index is -3.51. The van der Waals surface area contributed by atoms with Crippen LogP contribution in [-0.4, -0.2) is 36.8 Å². The molecule has 0 aliphatic heterocycles. The minimum Gasteiger partial charge on any atom is -0.271 e. The first kappa shape index (κ1) is 15.9. The molecule has 23 heavy (non-hydrogen) atoms. The van der Waals surface area contributed by atoms with Gasteiger partial charge in [0.15, 0.2) is 0 Å². The SMILES string of the molecule is Cc1cc(-c2nc3cccnc3s2)ccc1NS(=O)(=O)N(C)C. The van der Waals surface area contributed by atoms with Crippen molar-refractivity contribution in [2.45, 2.75) is 6.92 Å². The number of pyridine rings is 1. The number of nitrogens with zero attached hydrogens (tertiary/aromatic N) is 3. The summed E-state index contributed by atoms with van der Waals surface area (Å²) in [4.78, 5) is 9.75. The van der Waals surface area contributed by atoms with Crippen molar-refractivity contribution in [2.75, 3.05) is 18.8 Å². The first-order valence-corrected chi connectivity index (χ1v) is 9.15. The van der Waals surface area contributed by atoms with Crippen LogP contribution in [0, 0.1) is 6.92 Å². The van der Waals surface area contributed by atoms with E-state index in [-0.39, 0.29) is 0 Å². The minimum absolute atomic E-state index is 0.557. The van der Waals surface area contributed by atoms with E-state index in [1.54, 1.807) is 12.3 Å². The lowest BCUT2D eigenvalue weighted by Gasteiger charge is -2.15. The highest BCUT2D eigenvalue weighted by Gasteiger charge is 2.15. The predicted octanol–water partition coefficient (Wildman–Crippen LogP) is 2.89. The Hall–Kier alpha value is -2.03. The van der Waals surface area contributed by atoms with E-state index < -0.39 is 10.2 Å². The third-order valence-electron chi connectivity index (χ3n) is 3.36. The molecule has 0 aliphatic rings. The summed E-state index contributed by atoms with van der Waals surface area (Å²) in [5.74, 6) is 0. The van der Waals surface area contributed by atoms with Crippen LogP contribution in [0.1, 0.15) is 5.56 Å². The van der Waals surface area contributed by atoms with E-state index in [2.05, 4.69) is 14.7 Å². The standard InChI is InChI=1S/C15H16N4O2S2/c1-10-9-11(6-7-12(10)18-23(20,21)19(2)3)14-17-13-5-4-8-16-15(13)22-14/h4-9,18H,1-3H3. The molecule has 3 aromatic rings. The zero-order valence-electron chi connectivity index (χ0n) is 12.9. The lowest BCUT2D eigenvalue weighted by Crippen LogP contribution is -2.29. The Kier molecular flexibility index (Phi) is 4.05. The largest absolute Gasteiger partial charge is 0.301 e. The molecule has 0 spiro atoms. The maximum atomic E-state index is 11.9. The highest BCUT2D eigenvalue weighted by Crippen LogP contribution is 2.31. The summed E-state index contributed by atoms with van der Waals surface area (Å²) in [5, 5.41) is 0.865. The van der Waals surface area contributed by atoms with Crippen molar-refractivity contribution in [2.24, 2.45) is 0 Å². The molecule has 0 fully saturated rings. The van der Waals surface area contributed by atoms with E-state index in [0.29, 0.717) is 5.69 Å². The van der Waals surface area contributed by atoms with Crippen LogP contribution in [0.3, 0.4) is 0 Å². The number of nitrogens with one attached hydrogen (secondary N) is 1. The molecule has 0 atom stereocenters. The van der Waals surface area contributed by atoms with Gasteiger partial charge in [0.25, 0.3) is 0 Å². The number of aryl methyl sites for hydroxylation is 1. The molecule has 0 aliphatic carbocycles. The predicted molar refractivity (Wildman–Crippen MR) is 93.8 cm³/mol. The molecule has 0 amide bonds. The van der Waals surface area contributed by atoms with Crippen LogP contribution in [0.25, 0.3) is 20.9 Å². The van der Waals surface area contributed by atoms with Gasteiger partial charge in [-0.3, -0.25) is 4.72 Å². The van der Waals surface area contributed by atoms with Gasteiger partial charge in [-0.25, -0.2) is 9.97 Å². The molecule has 1 N–H and O–H groups in total. The van der Waals surface area contributed by atoms with Crippen LogP contribution in [-0.2, 0) is 10.2 Å². The smallest absolute Gasteiger partial charge is 0.271 e. The van der Waals surface area contributed by atoms with Crippen LogP contribution in [0.5, 0.6) is 0 Å². The zero-order valence-corrected chi connectivity index (χ0v) is 14.6. The second-order valence-corrected chi connectivity index (χ2v) is 8.13. The van der Waals surface area contributed by atoms with Gasteiger partial charge in [0.1, 0.15) is 15.4 Å². The Labute approximate surface area is 139 Å². The number of hydrogen-bond acceptors (Lipinski definition) is 5. The summed E-state index contributed by atoms with van der Waals surface area (Å²) >= 11 is 1.51. The maximum Gasteiger partial charge on any atom is 0.301 e. The van der Waals surface area contributed by atoms with Crippen LogP contribution in [0.2, 0.25) is 0 Å². The lowest BCUT2D eigenvalue weighted by atomic mass is 10.1. The van der Waals surface area contributed by atoms with E-state index >= 15 is 0 Å². The fourth-order valence-electron chi connectivity index (χ4n) is 2.03. The van der Waals surface area contributed by atoms with Crippen molar-refractivity contribution in [3.8, 4) is 10.6 Å². The molecule has 0 saturated heterocycles. The van der Waals surface area contributed by atoms with Gasteiger partial charge in [-0.1, -0.05) is 11.3 Å². The van der Waals surface area contributed by atoms with Crippen molar-refractivity contribution in [3.05, 3.63) is 42.1 Å². The number of anilines is 1. The van der Waals surface area contributed by atoms with Gasteiger partial charge < -0.3 is 0 Å². The Morgan fingerprint density at radius 1 is 1.22 bits per heavy atom. The first-order valence-electron chi connectivity index (χ1n) is 6.90. The van der Waals surface area contributed by atoms with E-state index in [4.69, 9.17) is 0 Å². The van der Waals surface area contributed by atoms with Crippen LogP contribution in [0.15, 0.2) is 36.5 Å². The third-order valence-corrected chi connectivity index (χ3v) is 5.83. The highest BCUT2D eigenvalue weighted by atomic mass is 32.2. The number of rotatable bonds is 4. The second-order valence-electron chi connectivity index (χ2n) is 5.27. The van der Waals surface area contributed by atoms with Crippen molar-refractivity contribution < 1.29 is 8.42 Å². The van der Waals surface area contributed by atoms with Crippen molar-refractivity contribution in [3.63, 3.8) is 0 Å². The zero-order chi connectivity index (χ0) is 16.6. The van der Waals surface area contributed by atoms with E-state index in [0.717, 1.165) is 30.8 Å². The van der Waals surface area contributed by atoms with Gasteiger partial charge in [0.05, 0.1) is 5.69 Å². The molecule has 3 rings (SSSR count). The van der Waals surface area contributed by atoms with Crippen molar-refractivity contribution in [1.82, 2.24) is 14.3 Å². The second kappa shape index (κ2) is 5.88. The number of fused-ring (bicyclic) bond motifs is 1. The van der Waals surface area contributed by atoms with E-state index in [1.807, 2.05) is 31.2 Å². The monoisotopic (exact) mass is 348 g/mol. The molecule has 1 aromatic carbocycles. The molecule has 120 valence electrons. The fraction of sp³-hybridized carbons (Fsp3) is 0.200. The van der Waals surface area contributed by atoms with E-state index in [9.17, 15) is 8.42 Å². The third kappa shape index (κ3) is 3.19. The number of thiazole rings is 1. The van der Waals surface area contributed by atoms with Gasteiger partial charge in [-0.15, -0.1) is 0 Å². The normalized spacial score (nSPS) is 12.0. The maximum absolute atomic E-state index is 11.9. The summed E-state index contributed by atoms with van der Waals surface area (Å²) in [5.41, 5.74) is 3.20. The number of aromatic nitrogens is 2. The summed E-state index contributed by atoms with van der Waals surface area (Å²) in [6.45, 7) is 1.86. The van der Waals surface area contributed by atoms with Gasteiger partial charge in [-0.2, -0.15) is 12.7 Å². The van der Waals surface area contributed by atoms with Crippen LogP contribution >= 0.6 is 11.3 Å². The lowest BCUT2D eigenvalue weighted by molar-refractivity contribution is 0.527. The van der Waals surface area contributed by atoms with E-state index in [1.165, 1.54) is 25.4 Å². The van der Waals surface area contributed by atoms with Gasteiger partial charge >= 0.3 is 10.2 Å². The quantitative estimate of drug-likeness (QED) is 0.787. The summed E-state index contributed by atoms with van der Waals surface area (Å²) in [7, 11) is -0.539. The first-order chi connectivity index (χ1) is 10.9. The Morgan fingerprint density at radius 3 is 2.65 bits per heavy atom. The Bertz CT molecular complexity index is 932. The Balaban J connectivity index is 1.96. The average Bonchev–Trinajstić information content (AvgIpc) is 2.93. The Morgan fingerprint density at radius 2 is 2.00 bits per heavy atom. The molecule has 0 bridgehead atoms. The summed E-state index contributed by atoms with van der Waals surface area (Å²) in [6.07, 6.45) is 1.74. The average molecular weight is 348 g/mol. The highest BCUT2D eigenvalue weighted by molar-refractivity contribution is 7.90. The fourth-order valence-corrected chi connectivity index (χ4v) is 3.63. The van der Waals surface area contributed by atoms with Crippen LogP contribution in [0.4, 0.5) is 5.69 Å². The number of benzene rings is 1. The van der Waals surface area contributed by atoms with Gasteiger partial charge in [-0.05, 0) is 42.8 Å².